The molecular formula is C20H19F2N3O2S. The van der Waals surface area contributed by atoms with Crippen LogP contribution < -0.4 is 10.7 Å². The van der Waals surface area contributed by atoms with Gasteiger partial charge >= 0.3 is 0 Å². The number of benzene rings is 1. The van der Waals surface area contributed by atoms with Crippen molar-refractivity contribution < 1.29 is 13.6 Å². The SMILES string of the molecule is Cc1nc(C(C)NC(=O)c2cn3c4c(c(F)c(F)cc4c2=O)CC[C@H]3C)cs1. The van der Waals surface area contributed by atoms with Gasteiger partial charge in [-0.25, -0.2) is 13.8 Å². The molecule has 3 heterocycles. The Bertz CT molecular complexity index is 1170. The maximum absolute atomic E-state index is 14.2. The van der Waals surface area contributed by atoms with E-state index in [0.717, 1.165) is 11.1 Å². The van der Waals surface area contributed by atoms with Crippen LogP contribution in [0.2, 0.25) is 0 Å². The largest absolute Gasteiger partial charge is 0.344 e. The molecule has 0 aliphatic carbocycles. The Balaban J connectivity index is 1.82. The fourth-order valence-electron chi connectivity index (χ4n) is 3.70. The average Bonchev–Trinajstić information content (AvgIpc) is 3.09. The first kappa shape index (κ1) is 18.7. The Morgan fingerprint density at radius 2 is 2.18 bits per heavy atom. The van der Waals surface area contributed by atoms with Crippen molar-refractivity contribution in [2.45, 2.75) is 45.7 Å². The van der Waals surface area contributed by atoms with Crippen LogP contribution in [0.15, 0.2) is 22.4 Å². The second-order valence-electron chi connectivity index (χ2n) is 7.20. The fraction of sp³-hybridized carbons (Fsp3) is 0.350. The normalized spacial score (nSPS) is 17.0. The molecule has 0 spiro atoms. The highest BCUT2D eigenvalue weighted by Gasteiger charge is 2.27. The number of nitrogens with one attached hydrogen (secondary N) is 1. The first-order chi connectivity index (χ1) is 13.3. The monoisotopic (exact) mass is 403 g/mol. The zero-order valence-electron chi connectivity index (χ0n) is 15.7. The van der Waals surface area contributed by atoms with E-state index in [-0.39, 0.29) is 28.6 Å². The van der Waals surface area contributed by atoms with Gasteiger partial charge in [0.05, 0.1) is 22.3 Å². The Morgan fingerprint density at radius 3 is 2.86 bits per heavy atom. The lowest BCUT2D eigenvalue weighted by Gasteiger charge is -2.27. The summed E-state index contributed by atoms with van der Waals surface area (Å²) >= 11 is 1.47. The molecule has 0 radical (unpaired) electrons. The van der Waals surface area contributed by atoms with Crippen LogP contribution in [-0.4, -0.2) is 15.5 Å². The number of amides is 1. The molecule has 28 heavy (non-hydrogen) atoms. The highest BCUT2D eigenvalue weighted by atomic mass is 32.1. The summed E-state index contributed by atoms with van der Waals surface area (Å²) < 4.78 is 30.0. The molecule has 146 valence electrons. The van der Waals surface area contributed by atoms with Gasteiger partial charge in [-0.05, 0) is 39.7 Å². The van der Waals surface area contributed by atoms with Crippen molar-refractivity contribution in [3.63, 3.8) is 0 Å². The zero-order chi connectivity index (χ0) is 20.2. The van der Waals surface area contributed by atoms with Crippen molar-refractivity contribution in [1.82, 2.24) is 14.9 Å². The van der Waals surface area contributed by atoms with Crippen molar-refractivity contribution in [3.8, 4) is 0 Å². The van der Waals surface area contributed by atoms with Gasteiger partial charge in [-0.2, -0.15) is 0 Å². The van der Waals surface area contributed by atoms with E-state index in [9.17, 15) is 18.4 Å². The smallest absolute Gasteiger partial charge is 0.257 e. The van der Waals surface area contributed by atoms with Gasteiger partial charge in [0.15, 0.2) is 11.6 Å². The van der Waals surface area contributed by atoms with Crippen molar-refractivity contribution in [1.29, 1.82) is 0 Å². The van der Waals surface area contributed by atoms with Crippen LogP contribution >= 0.6 is 11.3 Å². The summed E-state index contributed by atoms with van der Waals surface area (Å²) in [4.78, 5) is 30.1. The third kappa shape index (κ3) is 2.92. The quantitative estimate of drug-likeness (QED) is 0.718. The number of carbonyl (C=O) groups excluding carboxylic acids is 1. The lowest BCUT2D eigenvalue weighted by molar-refractivity contribution is 0.0937. The minimum Gasteiger partial charge on any atom is -0.344 e. The van der Waals surface area contributed by atoms with E-state index in [2.05, 4.69) is 10.3 Å². The second-order valence-corrected chi connectivity index (χ2v) is 8.26. The van der Waals surface area contributed by atoms with E-state index in [0.29, 0.717) is 24.1 Å². The van der Waals surface area contributed by atoms with Gasteiger partial charge in [0.1, 0.15) is 5.56 Å². The van der Waals surface area contributed by atoms with Crippen LogP contribution in [0.5, 0.6) is 0 Å². The van der Waals surface area contributed by atoms with Gasteiger partial charge in [-0.1, -0.05) is 0 Å². The minimum atomic E-state index is -1.07. The molecule has 1 aromatic carbocycles. The summed E-state index contributed by atoms with van der Waals surface area (Å²) in [6.45, 7) is 5.58. The maximum Gasteiger partial charge on any atom is 0.257 e. The van der Waals surface area contributed by atoms with Gasteiger partial charge in [0, 0.05) is 28.6 Å². The van der Waals surface area contributed by atoms with E-state index in [1.165, 1.54) is 17.5 Å². The third-order valence-corrected chi connectivity index (χ3v) is 6.05. The first-order valence-electron chi connectivity index (χ1n) is 9.06. The molecule has 5 nitrogen and oxygen atoms in total. The van der Waals surface area contributed by atoms with Crippen LogP contribution in [-0.2, 0) is 6.42 Å². The summed E-state index contributed by atoms with van der Waals surface area (Å²) in [5.74, 6) is -2.54. The standard InChI is InChI=1S/C20H19F2N3O2S/c1-9-4-5-12-17(22)15(21)6-13-18(12)25(9)7-14(19(13)26)20(27)23-10(2)16-8-28-11(3)24-16/h6-10H,4-5H2,1-3H3,(H,23,27)/t9-,10?/m1/s1. The lowest BCUT2D eigenvalue weighted by atomic mass is 9.95. The topological polar surface area (TPSA) is 64.0 Å². The molecule has 1 unspecified atom stereocenters. The number of nitrogens with zero attached hydrogens (tertiary/aromatic N) is 2. The van der Waals surface area contributed by atoms with Gasteiger partial charge in [0.2, 0.25) is 5.43 Å². The molecule has 2 aromatic heterocycles. The number of pyridine rings is 1. The Labute approximate surface area is 164 Å². The average molecular weight is 403 g/mol. The van der Waals surface area contributed by atoms with Gasteiger partial charge < -0.3 is 9.88 Å². The van der Waals surface area contributed by atoms with E-state index < -0.39 is 23.0 Å². The predicted octanol–water partition coefficient (Wildman–Crippen LogP) is 4.04. The highest BCUT2D eigenvalue weighted by molar-refractivity contribution is 7.09. The zero-order valence-corrected chi connectivity index (χ0v) is 16.5. The minimum absolute atomic E-state index is 0.0326. The molecule has 0 saturated carbocycles. The molecule has 0 bridgehead atoms. The van der Waals surface area contributed by atoms with Gasteiger partial charge in [-0.15, -0.1) is 11.3 Å². The third-order valence-electron chi connectivity index (χ3n) is 5.26. The van der Waals surface area contributed by atoms with E-state index in [1.807, 2.05) is 19.2 Å². The highest BCUT2D eigenvalue weighted by Crippen LogP contribution is 2.32. The number of halogens is 2. The Hall–Kier alpha value is -2.61. The summed E-state index contributed by atoms with van der Waals surface area (Å²) in [6, 6.07) is 0.479. The number of carbonyl (C=O) groups is 1. The summed E-state index contributed by atoms with van der Waals surface area (Å²) in [7, 11) is 0. The molecule has 0 saturated heterocycles. The number of hydrogen-bond donors (Lipinski definition) is 1. The van der Waals surface area contributed by atoms with E-state index in [4.69, 9.17) is 0 Å². The van der Waals surface area contributed by atoms with Crippen molar-refractivity contribution in [3.05, 3.63) is 61.3 Å². The molecule has 0 fully saturated rings. The number of hydrogen-bond acceptors (Lipinski definition) is 4. The molecule has 1 aliphatic heterocycles. The summed E-state index contributed by atoms with van der Waals surface area (Å²) in [6.07, 6.45) is 2.41. The first-order valence-corrected chi connectivity index (χ1v) is 9.94. The van der Waals surface area contributed by atoms with Crippen LogP contribution in [0.1, 0.15) is 59.0 Å². The molecule has 4 rings (SSSR count). The van der Waals surface area contributed by atoms with Gasteiger partial charge in [0.25, 0.3) is 5.91 Å². The number of thiazole rings is 1. The van der Waals surface area contributed by atoms with Crippen LogP contribution in [0.4, 0.5) is 8.78 Å². The Kier molecular flexibility index (Phi) is 4.53. The number of aryl methyl sites for hydroxylation is 2. The van der Waals surface area contributed by atoms with Crippen LogP contribution in [0.3, 0.4) is 0 Å². The lowest BCUT2D eigenvalue weighted by Crippen LogP contribution is -2.33. The van der Waals surface area contributed by atoms with Crippen molar-refractivity contribution in [2.24, 2.45) is 0 Å². The predicted molar refractivity (Wildman–Crippen MR) is 104 cm³/mol. The number of rotatable bonds is 3. The van der Waals surface area contributed by atoms with Gasteiger partial charge in [-0.3, -0.25) is 9.59 Å². The second kappa shape index (κ2) is 6.77. The summed E-state index contributed by atoms with van der Waals surface area (Å²) in [5, 5.41) is 5.54. The summed E-state index contributed by atoms with van der Waals surface area (Å²) in [5.41, 5.74) is 0.601. The van der Waals surface area contributed by atoms with E-state index in [1.54, 1.807) is 11.5 Å². The van der Waals surface area contributed by atoms with Crippen molar-refractivity contribution >= 4 is 28.1 Å². The van der Waals surface area contributed by atoms with Crippen LogP contribution in [0, 0.1) is 18.6 Å². The maximum atomic E-state index is 14.2. The molecule has 1 aliphatic rings. The van der Waals surface area contributed by atoms with E-state index >= 15 is 0 Å². The molecule has 3 aromatic rings. The Morgan fingerprint density at radius 1 is 1.43 bits per heavy atom. The van der Waals surface area contributed by atoms with Crippen LogP contribution in [0.25, 0.3) is 10.9 Å². The molecule has 1 N–H and O–H groups in total. The molecule has 1 amide bonds. The molecular weight excluding hydrogens is 384 g/mol. The fourth-order valence-corrected chi connectivity index (χ4v) is 4.41. The molecule has 2 atom stereocenters. The van der Waals surface area contributed by atoms with Crippen molar-refractivity contribution in [2.75, 3.05) is 0 Å². The molecule has 8 heteroatoms. The number of aromatic nitrogens is 2.